The predicted octanol–water partition coefficient (Wildman–Crippen LogP) is 0.473. The van der Waals surface area contributed by atoms with E-state index in [9.17, 15) is 0 Å². The van der Waals surface area contributed by atoms with Crippen molar-refractivity contribution in [1.82, 2.24) is 8.01 Å². The van der Waals surface area contributed by atoms with Crippen molar-refractivity contribution in [2.24, 2.45) is 0 Å². The van der Waals surface area contributed by atoms with Crippen LogP contribution < -0.4 is 0 Å². The fraction of sp³-hybridized carbons (Fsp3) is 1.00. The second-order valence-corrected chi connectivity index (χ2v) is 3.29. The van der Waals surface area contributed by atoms with Crippen LogP contribution in [0.15, 0.2) is 0 Å². The van der Waals surface area contributed by atoms with Crippen molar-refractivity contribution in [3.63, 3.8) is 0 Å². The van der Waals surface area contributed by atoms with E-state index in [0.717, 1.165) is 20.1 Å². The molecular weight excluding hydrogens is 219 g/mol. The van der Waals surface area contributed by atoms with Crippen molar-refractivity contribution in [3.8, 4) is 0 Å². The zero-order chi connectivity index (χ0) is 5.98. The van der Waals surface area contributed by atoms with Crippen LogP contribution in [-0.4, -0.2) is 35.2 Å². The molecule has 0 spiro atoms. The Bertz CT molecular complexity index is 72.4. The second kappa shape index (κ2) is 2.95. The maximum absolute atomic E-state index is 5.14. The highest BCUT2D eigenvalue weighted by Crippen LogP contribution is 2.04. The number of ether oxygens (including phenoxy) is 1. The van der Waals surface area contributed by atoms with Crippen molar-refractivity contribution >= 4 is 22.9 Å². The molecule has 0 aliphatic carbocycles. The minimum atomic E-state index is 0.755. The first kappa shape index (κ1) is 6.73. The summed E-state index contributed by atoms with van der Waals surface area (Å²) in [5, 5.41) is 0. The number of halogens is 1. The standard InChI is InChI=1S/C4H9IN2O/c1-6-2-7(5)4-8-3-6/h2-4H2,1H3. The van der Waals surface area contributed by atoms with E-state index in [4.69, 9.17) is 4.74 Å². The van der Waals surface area contributed by atoms with Crippen LogP contribution in [0.25, 0.3) is 0 Å². The van der Waals surface area contributed by atoms with E-state index >= 15 is 0 Å². The Hall–Kier alpha value is 0.610. The second-order valence-electron chi connectivity index (χ2n) is 1.92. The van der Waals surface area contributed by atoms with E-state index in [2.05, 4.69) is 30.9 Å². The molecule has 8 heavy (non-hydrogen) atoms. The Morgan fingerprint density at radius 2 is 2.25 bits per heavy atom. The van der Waals surface area contributed by atoms with Gasteiger partial charge in [0.05, 0.1) is 6.67 Å². The lowest BCUT2D eigenvalue weighted by Crippen LogP contribution is -2.38. The van der Waals surface area contributed by atoms with Crippen LogP contribution >= 0.6 is 22.9 Å². The SMILES string of the molecule is CN1COCN(I)C1. The third-order valence-electron chi connectivity index (χ3n) is 0.938. The Kier molecular flexibility index (Phi) is 2.48. The topological polar surface area (TPSA) is 15.7 Å². The number of hydrogen-bond donors (Lipinski definition) is 0. The van der Waals surface area contributed by atoms with Gasteiger partial charge in [-0.2, -0.15) is 0 Å². The Morgan fingerprint density at radius 3 is 2.62 bits per heavy atom. The van der Waals surface area contributed by atoms with Crippen molar-refractivity contribution in [2.45, 2.75) is 0 Å². The van der Waals surface area contributed by atoms with Gasteiger partial charge in [0.15, 0.2) is 0 Å². The molecule has 3 nitrogen and oxygen atoms in total. The van der Waals surface area contributed by atoms with Gasteiger partial charge >= 0.3 is 0 Å². The fourth-order valence-electron chi connectivity index (χ4n) is 0.639. The highest BCUT2D eigenvalue weighted by atomic mass is 127. The molecule has 1 aliphatic rings. The lowest BCUT2D eigenvalue weighted by Gasteiger charge is -2.28. The molecular formula is C4H9IN2O. The molecule has 0 amide bonds. The number of nitrogens with zero attached hydrogens (tertiary/aromatic N) is 2. The van der Waals surface area contributed by atoms with Gasteiger partial charge in [0.1, 0.15) is 13.5 Å². The summed E-state index contributed by atoms with van der Waals surface area (Å²) in [5.41, 5.74) is 0. The first-order chi connectivity index (χ1) is 3.79. The van der Waals surface area contributed by atoms with Gasteiger partial charge in [-0.15, -0.1) is 0 Å². The first-order valence-electron chi connectivity index (χ1n) is 2.46. The third kappa shape index (κ3) is 1.85. The molecule has 4 heteroatoms. The molecule has 0 bridgehead atoms. The molecule has 0 aromatic carbocycles. The summed E-state index contributed by atoms with van der Waals surface area (Å²) in [6, 6.07) is 0. The Balaban J connectivity index is 2.23. The van der Waals surface area contributed by atoms with Crippen molar-refractivity contribution in [1.29, 1.82) is 0 Å². The molecule has 0 radical (unpaired) electrons. The largest absolute Gasteiger partial charge is 0.350 e. The van der Waals surface area contributed by atoms with E-state index in [-0.39, 0.29) is 0 Å². The maximum atomic E-state index is 5.14. The summed E-state index contributed by atoms with van der Waals surface area (Å²) in [6.45, 7) is 2.52. The summed E-state index contributed by atoms with van der Waals surface area (Å²) in [5.74, 6) is 0. The Labute approximate surface area is 63.1 Å². The molecule has 0 unspecified atom stereocenters. The van der Waals surface area contributed by atoms with Crippen molar-refractivity contribution < 1.29 is 4.74 Å². The lowest BCUT2D eigenvalue weighted by atomic mass is 10.8. The molecule has 0 saturated carbocycles. The van der Waals surface area contributed by atoms with Gasteiger partial charge in [-0.1, -0.05) is 0 Å². The molecule has 0 atom stereocenters. The van der Waals surface area contributed by atoms with E-state index in [1.807, 2.05) is 7.05 Å². The quantitative estimate of drug-likeness (QED) is 0.443. The van der Waals surface area contributed by atoms with E-state index in [0.29, 0.717) is 0 Å². The van der Waals surface area contributed by atoms with Crippen molar-refractivity contribution in [3.05, 3.63) is 0 Å². The summed E-state index contributed by atoms with van der Waals surface area (Å²) in [4.78, 5) is 2.11. The average molecular weight is 228 g/mol. The van der Waals surface area contributed by atoms with Gasteiger partial charge in [0.2, 0.25) is 0 Å². The highest BCUT2D eigenvalue weighted by molar-refractivity contribution is 14.1. The number of hydrogen-bond acceptors (Lipinski definition) is 3. The normalized spacial score (nSPS) is 26.2. The fourth-order valence-corrected chi connectivity index (χ4v) is 1.36. The summed E-state index contributed by atoms with van der Waals surface area (Å²) in [6.07, 6.45) is 0. The van der Waals surface area contributed by atoms with Crippen LogP contribution in [0.1, 0.15) is 0 Å². The minimum absolute atomic E-state index is 0.755. The molecule has 48 valence electrons. The van der Waals surface area contributed by atoms with Gasteiger partial charge in [0, 0.05) is 22.9 Å². The van der Waals surface area contributed by atoms with Crippen LogP contribution in [0.3, 0.4) is 0 Å². The monoisotopic (exact) mass is 228 g/mol. The molecule has 1 aliphatic heterocycles. The van der Waals surface area contributed by atoms with Gasteiger partial charge in [-0.3, -0.25) is 4.90 Å². The summed E-state index contributed by atoms with van der Waals surface area (Å²) >= 11 is 2.24. The molecule has 1 heterocycles. The molecule has 0 N–H and O–H groups in total. The molecule has 1 rings (SSSR count). The summed E-state index contributed by atoms with van der Waals surface area (Å²) < 4.78 is 7.22. The van der Waals surface area contributed by atoms with Crippen LogP contribution in [-0.2, 0) is 4.74 Å². The lowest BCUT2D eigenvalue weighted by molar-refractivity contribution is -0.0530. The molecule has 1 saturated heterocycles. The van der Waals surface area contributed by atoms with Crippen LogP contribution in [0, 0.1) is 0 Å². The zero-order valence-electron chi connectivity index (χ0n) is 4.80. The first-order valence-corrected chi connectivity index (χ1v) is 3.42. The predicted molar refractivity (Wildman–Crippen MR) is 39.3 cm³/mol. The smallest absolute Gasteiger partial charge is 0.111 e. The van der Waals surface area contributed by atoms with Gasteiger partial charge in [-0.25, -0.2) is 3.11 Å². The van der Waals surface area contributed by atoms with Crippen LogP contribution in [0.2, 0.25) is 0 Å². The van der Waals surface area contributed by atoms with E-state index < -0.39 is 0 Å². The van der Waals surface area contributed by atoms with Gasteiger partial charge < -0.3 is 4.74 Å². The van der Waals surface area contributed by atoms with Gasteiger partial charge in [-0.05, 0) is 7.05 Å². The van der Waals surface area contributed by atoms with E-state index in [1.165, 1.54) is 0 Å². The molecule has 0 aromatic rings. The maximum Gasteiger partial charge on any atom is 0.111 e. The molecule has 0 aromatic heterocycles. The minimum Gasteiger partial charge on any atom is -0.350 e. The van der Waals surface area contributed by atoms with Crippen LogP contribution in [0.4, 0.5) is 0 Å². The van der Waals surface area contributed by atoms with E-state index in [1.54, 1.807) is 0 Å². The third-order valence-corrected chi connectivity index (χ3v) is 1.52. The summed E-state index contributed by atoms with van der Waals surface area (Å²) in [7, 11) is 2.03. The van der Waals surface area contributed by atoms with Crippen LogP contribution in [0.5, 0.6) is 0 Å². The number of rotatable bonds is 0. The Morgan fingerprint density at radius 1 is 1.50 bits per heavy atom. The molecule has 1 fully saturated rings. The highest BCUT2D eigenvalue weighted by Gasteiger charge is 2.09. The zero-order valence-corrected chi connectivity index (χ0v) is 6.96. The van der Waals surface area contributed by atoms with Gasteiger partial charge in [0.25, 0.3) is 0 Å². The average Bonchev–Trinajstić information content (AvgIpc) is 1.64. The van der Waals surface area contributed by atoms with Crippen molar-refractivity contribution in [2.75, 3.05) is 27.2 Å².